The van der Waals surface area contributed by atoms with Gasteiger partial charge in [0.25, 0.3) is 5.89 Å². The Labute approximate surface area is 117 Å². The lowest BCUT2D eigenvalue weighted by atomic mass is 10.0. The molecule has 0 amide bonds. The molecule has 18 heavy (non-hydrogen) atoms. The first-order valence-corrected chi connectivity index (χ1v) is 7.24. The molecule has 0 spiro atoms. The van der Waals surface area contributed by atoms with E-state index in [2.05, 4.69) is 38.3 Å². The van der Waals surface area contributed by atoms with E-state index < -0.39 is 0 Å². The van der Waals surface area contributed by atoms with Crippen molar-refractivity contribution in [3.05, 3.63) is 21.8 Å². The number of aromatic nitrogens is 2. The van der Waals surface area contributed by atoms with Crippen molar-refractivity contribution in [1.82, 2.24) is 15.5 Å². The molecule has 0 atom stereocenters. The van der Waals surface area contributed by atoms with Crippen LogP contribution in [0.3, 0.4) is 0 Å². The highest BCUT2D eigenvalue weighted by Crippen LogP contribution is 2.28. The molecule has 1 saturated heterocycles. The molecular weight excluding hydrogens is 318 g/mol. The van der Waals surface area contributed by atoms with Gasteiger partial charge in [0.1, 0.15) is 6.61 Å². The van der Waals surface area contributed by atoms with Gasteiger partial charge in [0, 0.05) is 22.9 Å². The monoisotopic (exact) mass is 329 g/mol. The summed E-state index contributed by atoms with van der Waals surface area (Å²) in [6, 6.07) is 1.97. The second kappa shape index (κ2) is 4.73. The predicted octanol–water partition coefficient (Wildman–Crippen LogP) is 2.44. The topological polar surface area (TPSA) is 60.2 Å². The molecule has 7 heteroatoms. The summed E-state index contributed by atoms with van der Waals surface area (Å²) >= 11 is 4.98. The summed E-state index contributed by atoms with van der Waals surface area (Å²) in [5.74, 6) is 1.13. The highest BCUT2D eigenvalue weighted by atomic mass is 79.9. The number of rotatable bonds is 4. The number of nitrogens with zero attached hydrogens (tertiary/aromatic N) is 2. The van der Waals surface area contributed by atoms with Gasteiger partial charge in [0.05, 0.1) is 10.5 Å². The molecule has 2 aromatic heterocycles. The third-order valence-electron chi connectivity index (χ3n) is 2.80. The van der Waals surface area contributed by atoms with E-state index in [1.165, 1.54) is 0 Å². The Balaban J connectivity index is 1.66. The fourth-order valence-electron chi connectivity index (χ4n) is 1.66. The van der Waals surface area contributed by atoms with Crippen molar-refractivity contribution >= 4 is 27.3 Å². The molecule has 1 aliphatic rings. The van der Waals surface area contributed by atoms with E-state index in [1.54, 1.807) is 11.3 Å². The standard InChI is InChI=1S/C11H12BrN3O2S/c1-11(5-13-6-11)16-3-9-14-10(15-17-9)8-2-7(12)4-18-8/h2,4,13H,3,5-6H2,1H3. The maximum absolute atomic E-state index is 5.74. The highest BCUT2D eigenvalue weighted by molar-refractivity contribution is 9.10. The first-order valence-electron chi connectivity index (χ1n) is 5.56. The van der Waals surface area contributed by atoms with E-state index in [0.717, 1.165) is 22.4 Å². The summed E-state index contributed by atoms with van der Waals surface area (Å²) in [5.41, 5.74) is -0.0966. The third-order valence-corrected chi connectivity index (χ3v) is 4.48. The zero-order valence-electron chi connectivity index (χ0n) is 9.77. The summed E-state index contributed by atoms with van der Waals surface area (Å²) in [7, 11) is 0. The molecule has 3 rings (SSSR count). The highest BCUT2D eigenvalue weighted by Gasteiger charge is 2.33. The van der Waals surface area contributed by atoms with E-state index in [9.17, 15) is 0 Å². The average Bonchev–Trinajstić information content (AvgIpc) is 2.92. The van der Waals surface area contributed by atoms with Crippen LogP contribution in [0, 0.1) is 0 Å². The number of nitrogens with one attached hydrogen (secondary N) is 1. The van der Waals surface area contributed by atoms with Crippen molar-refractivity contribution in [3.63, 3.8) is 0 Å². The van der Waals surface area contributed by atoms with Crippen molar-refractivity contribution in [2.75, 3.05) is 13.1 Å². The largest absolute Gasteiger partial charge is 0.363 e. The number of hydrogen-bond acceptors (Lipinski definition) is 6. The Morgan fingerprint density at radius 3 is 3.06 bits per heavy atom. The van der Waals surface area contributed by atoms with Crippen LogP contribution in [0.5, 0.6) is 0 Å². The molecule has 96 valence electrons. The average molecular weight is 330 g/mol. The zero-order chi connectivity index (χ0) is 12.6. The molecule has 1 aliphatic heterocycles. The van der Waals surface area contributed by atoms with E-state index in [-0.39, 0.29) is 5.60 Å². The van der Waals surface area contributed by atoms with Crippen LogP contribution in [0.1, 0.15) is 12.8 Å². The lowest BCUT2D eigenvalue weighted by Crippen LogP contribution is -2.58. The molecule has 5 nitrogen and oxygen atoms in total. The van der Waals surface area contributed by atoms with E-state index in [4.69, 9.17) is 9.26 Å². The molecule has 0 saturated carbocycles. The number of ether oxygens (including phenoxy) is 1. The molecule has 3 heterocycles. The molecular formula is C11H12BrN3O2S. The van der Waals surface area contributed by atoms with E-state index in [1.807, 2.05) is 11.4 Å². The second-order valence-electron chi connectivity index (χ2n) is 4.48. The molecule has 0 aromatic carbocycles. The third kappa shape index (κ3) is 2.49. The first kappa shape index (κ1) is 12.3. The molecule has 1 fully saturated rings. The van der Waals surface area contributed by atoms with Gasteiger partial charge in [-0.05, 0) is 28.9 Å². The van der Waals surface area contributed by atoms with Crippen LogP contribution in [-0.4, -0.2) is 28.8 Å². The summed E-state index contributed by atoms with van der Waals surface area (Å²) in [6.45, 7) is 4.16. The van der Waals surface area contributed by atoms with Gasteiger partial charge in [0.2, 0.25) is 5.82 Å². The summed E-state index contributed by atoms with van der Waals surface area (Å²) in [5, 5.41) is 9.12. The van der Waals surface area contributed by atoms with Gasteiger partial charge in [-0.2, -0.15) is 4.98 Å². The number of halogens is 1. The van der Waals surface area contributed by atoms with Crippen molar-refractivity contribution in [2.45, 2.75) is 19.1 Å². The summed E-state index contributed by atoms with van der Waals surface area (Å²) < 4.78 is 11.9. The summed E-state index contributed by atoms with van der Waals surface area (Å²) in [6.07, 6.45) is 0. The molecule has 0 aliphatic carbocycles. The normalized spacial score (nSPS) is 17.7. The molecule has 0 bridgehead atoms. The minimum Gasteiger partial charge on any atom is -0.363 e. The van der Waals surface area contributed by atoms with Crippen LogP contribution in [-0.2, 0) is 11.3 Å². The minimum absolute atomic E-state index is 0.0966. The fraction of sp³-hybridized carbons (Fsp3) is 0.455. The number of hydrogen-bond donors (Lipinski definition) is 1. The SMILES string of the molecule is CC1(OCc2nc(-c3cc(Br)cs3)no2)CNC1. The van der Waals surface area contributed by atoms with Gasteiger partial charge in [-0.15, -0.1) is 11.3 Å². The molecule has 0 unspecified atom stereocenters. The molecule has 1 N–H and O–H groups in total. The lowest BCUT2D eigenvalue weighted by Gasteiger charge is -2.38. The van der Waals surface area contributed by atoms with Gasteiger partial charge in [-0.25, -0.2) is 0 Å². The zero-order valence-corrected chi connectivity index (χ0v) is 12.2. The quantitative estimate of drug-likeness (QED) is 0.933. The Kier molecular flexibility index (Phi) is 3.23. The minimum atomic E-state index is -0.0966. The number of thiophene rings is 1. The van der Waals surface area contributed by atoms with Crippen LogP contribution >= 0.6 is 27.3 Å². The van der Waals surface area contributed by atoms with Crippen LogP contribution in [0.4, 0.5) is 0 Å². The van der Waals surface area contributed by atoms with Crippen LogP contribution in [0.2, 0.25) is 0 Å². The van der Waals surface area contributed by atoms with Crippen LogP contribution < -0.4 is 5.32 Å². The smallest absolute Gasteiger partial charge is 0.253 e. The van der Waals surface area contributed by atoms with Gasteiger partial charge in [0.15, 0.2) is 0 Å². The Hall–Kier alpha value is -0.760. The van der Waals surface area contributed by atoms with Gasteiger partial charge < -0.3 is 14.6 Å². The Morgan fingerprint density at radius 1 is 1.61 bits per heavy atom. The lowest BCUT2D eigenvalue weighted by molar-refractivity contribution is -0.0841. The van der Waals surface area contributed by atoms with Gasteiger partial charge >= 0.3 is 0 Å². The molecule has 0 radical (unpaired) electrons. The van der Waals surface area contributed by atoms with Gasteiger partial charge in [-0.1, -0.05) is 5.16 Å². The maximum Gasteiger partial charge on any atom is 0.253 e. The maximum atomic E-state index is 5.74. The molecule has 2 aromatic rings. The van der Waals surface area contributed by atoms with Crippen molar-refractivity contribution in [3.8, 4) is 10.7 Å². The van der Waals surface area contributed by atoms with Gasteiger partial charge in [-0.3, -0.25) is 0 Å². The fourth-order valence-corrected chi connectivity index (χ4v) is 3.01. The van der Waals surface area contributed by atoms with Crippen molar-refractivity contribution in [1.29, 1.82) is 0 Å². The first-order chi connectivity index (χ1) is 8.65. The predicted molar refractivity (Wildman–Crippen MR) is 71.4 cm³/mol. The second-order valence-corrected chi connectivity index (χ2v) is 6.31. The van der Waals surface area contributed by atoms with Crippen LogP contribution in [0.15, 0.2) is 20.4 Å². The Morgan fingerprint density at radius 2 is 2.44 bits per heavy atom. The van der Waals surface area contributed by atoms with Crippen molar-refractivity contribution < 1.29 is 9.26 Å². The van der Waals surface area contributed by atoms with E-state index in [0.29, 0.717) is 18.3 Å². The van der Waals surface area contributed by atoms with E-state index >= 15 is 0 Å². The van der Waals surface area contributed by atoms with Crippen LogP contribution in [0.25, 0.3) is 10.7 Å². The summed E-state index contributed by atoms with van der Waals surface area (Å²) in [4.78, 5) is 5.30. The Bertz CT molecular complexity index is 550. The van der Waals surface area contributed by atoms with Crippen molar-refractivity contribution in [2.24, 2.45) is 0 Å².